The predicted molar refractivity (Wildman–Crippen MR) is 80.4 cm³/mol. The second-order valence-electron chi connectivity index (χ2n) is 5.28. The second kappa shape index (κ2) is 5.89. The molecule has 3 rings (SSSR count). The molecule has 106 valence electrons. The average molecular weight is 290 g/mol. The summed E-state index contributed by atoms with van der Waals surface area (Å²) in [6.45, 7) is 1.37. The number of amides is 1. The Morgan fingerprint density at radius 1 is 1.35 bits per heavy atom. The van der Waals surface area contributed by atoms with E-state index in [0.29, 0.717) is 18.1 Å². The lowest BCUT2D eigenvalue weighted by atomic mass is 10.1. The summed E-state index contributed by atoms with van der Waals surface area (Å²) in [7, 11) is 0. The topological polar surface area (TPSA) is 41.6 Å². The first-order valence-corrected chi connectivity index (χ1v) is 7.42. The molecule has 2 aliphatic rings. The normalized spacial score (nSPS) is 26.1. The number of nitrogens with one attached hydrogen (secondary N) is 1. The van der Waals surface area contributed by atoms with E-state index >= 15 is 0 Å². The van der Waals surface area contributed by atoms with Gasteiger partial charge in [-0.2, -0.15) is 0 Å². The Morgan fingerprint density at radius 3 is 2.85 bits per heavy atom. The van der Waals surface area contributed by atoms with Crippen molar-refractivity contribution in [2.75, 3.05) is 13.2 Å². The number of benzene rings is 1. The van der Waals surface area contributed by atoms with Crippen LogP contribution >= 0.6 is 12.2 Å². The van der Waals surface area contributed by atoms with Crippen LogP contribution in [0.3, 0.4) is 0 Å². The fraction of sp³-hybridized carbons (Fsp3) is 0.467. The Balaban J connectivity index is 1.64. The van der Waals surface area contributed by atoms with Crippen molar-refractivity contribution in [1.82, 2.24) is 10.2 Å². The predicted octanol–water partition coefficient (Wildman–Crippen LogP) is 1.49. The summed E-state index contributed by atoms with van der Waals surface area (Å²) in [6, 6.07) is 9.75. The van der Waals surface area contributed by atoms with Gasteiger partial charge >= 0.3 is 0 Å². The largest absolute Gasteiger partial charge is 0.376 e. The van der Waals surface area contributed by atoms with Crippen molar-refractivity contribution in [3.05, 3.63) is 35.9 Å². The minimum absolute atomic E-state index is 0.0642. The Labute approximate surface area is 124 Å². The van der Waals surface area contributed by atoms with E-state index < -0.39 is 0 Å². The third kappa shape index (κ3) is 2.83. The Morgan fingerprint density at radius 2 is 2.15 bits per heavy atom. The molecule has 0 bridgehead atoms. The maximum absolute atomic E-state index is 12.4. The summed E-state index contributed by atoms with van der Waals surface area (Å²) in [4.78, 5) is 14.1. The number of hydrogen-bond donors (Lipinski definition) is 1. The second-order valence-corrected chi connectivity index (χ2v) is 5.66. The molecular weight excluding hydrogens is 272 g/mol. The summed E-state index contributed by atoms with van der Waals surface area (Å²) < 4.78 is 5.58. The summed E-state index contributed by atoms with van der Waals surface area (Å²) in [6.07, 6.45) is 2.88. The molecule has 4 nitrogen and oxygen atoms in total. The molecule has 0 saturated carbocycles. The molecule has 2 aliphatic heterocycles. The molecule has 2 heterocycles. The lowest BCUT2D eigenvalue weighted by Gasteiger charge is -2.18. The average Bonchev–Trinajstić information content (AvgIpc) is 3.05. The zero-order valence-corrected chi connectivity index (χ0v) is 12.1. The van der Waals surface area contributed by atoms with E-state index in [0.717, 1.165) is 25.0 Å². The molecule has 1 N–H and O–H groups in total. The van der Waals surface area contributed by atoms with Gasteiger partial charge in [0.1, 0.15) is 6.04 Å². The van der Waals surface area contributed by atoms with Gasteiger partial charge in [-0.05, 0) is 30.6 Å². The van der Waals surface area contributed by atoms with Crippen molar-refractivity contribution in [2.45, 2.75) is 31.4 Å². The molecule has 2 fully saturated rings. The van der Waals surface area contributed by atoms with Gasteiger partial charge in [0.05, 0.1) is 12.6 Å². The van der Waals surface area contributed by atoms with Crippen molar-refractivity contribution in [1.29, 1.82) is 0 Å². The molecule has 20 heavy (non-hydrogen) atoms. The van der Waals surface area contributed by atoms with Crippen LogP contribution in [0.1, 0.15) is 18.4 Å². The summed E-state index contributed by atoms with van der Waals surface area (Å²) in [5.41, 5.74) is 1.14. The van der Waals surface area contributed by atoms with Crippen LogP contribution < -0.4 is 5.32 Å². The van der Waals surface area contributed by atoms with Crippen LogP contribution in [0.2, 0.25) is 0 Å². The van der Waals surface area contributed by atoms with Crippen molar-refractivity contribution >= 4 is 23.2 Å². The van der Waals surface area contributed by atoms with Crippen LogP contribution in [0.15, 0.2) is 30.3 Å². The molecule has 1 aromatic rings. The van der Waals surface area contributed by atoms with Crippen LogP contribution in [-0.2, 0) is 16.0 Å². The van der Waals surface area contributed by atoms with E-state index in [9.17, 15) is 4.79 Å². The highest BCUT2D eigenvalue weighted by Crippen LogP contribution is 2.18. The smallest absolute Gasteiger partial charge is 0.251 e. The SMILES string of the molecule is O=C1C(Cc2ccccc2)NC(=S)N1CC1CCCO1. The fourth-order valence-corrected chi connectivity index (χ4v) is 3.04. The van der Waals surface area contributed by atoms with Gasteiger partial charge < -0.3 is 10.1 Å². The molecule has 0 aliphatic carbocycles. The highest BCUT2D eigenvalue weighted by molar-refractivity contribution is 7.80. The van der Waals surface area contributed by atoms with Crippen molar-refractivity contribution in [3.8, 4) is 0 Å². The van der Waals surface area contributed by atoms with E-state index in [1.54, 1.807) is 4.90 Å². The van der Waals surface area contributed by atoms with Gasteiger partial charge in [-0.3, -0.25) is 9.69 Å². The van der Waals surface area contributed by atoms with Crippen molar-refractivity contribution in [3.63, 3.8) is 0 Å². The summed E-state index contributed by atoms with van der Waals surface area (Å²) >= 11 is 5.28. The van der Waals surface area contributed by atoms with Crippen LogP contribution in [0.5, 0.6) is 0 Å². The van der Waals surface area contributed by atoms with Gasteiger partial charge in [-0.15, -0.1) is 0 Å². The quantitative estimate of drug-likeness (QED) is 0.853. The highest BCUT2D eigenvalue weighted by atomic mass is 32.1. The number of hydrogen-bond acceptors (Lipinski definition) is 3. The molecule has 0 spiro atoms. The Hall–Kier alpha value is -1.46. The zero-order chi connectivity index (χ0) is 13.9. The lowest BCUT2D eigenvalue weighted by molar-refractivity contribution is -0.128. The zero-order valence-electron chi connectivity index (χ0n) is 11.2. The van der Waals surface area contributed by atoms with Gasteiger partial charge in [0.15, 0.2) is 5.11 Å². The number of ether oxygens (including phenoxy) is 1. The maximum Gasteiger partial charge on any atom is 0.251 e. The standard InChI is InChI=1S/C15H18N2O2S/c18-14-13(9-11-5-2-1-3-6-11)16-15(20)17(14)10-12-7-4-8-19-12/h1-3,5-6,12-13H,4,7-10H2,(H,16,20). The number of carbonyl (C=O) groups excluding carboxylic acids is 1. The Bertz CT molecular complexity index is 500. The van der Waals surface area contributed by atoms with Crippen LogP contribution in [0, 0.1) is 0 Å². The number of rotatable bonds is 4. The first-order valence-electron chi connectivity index (χ1n) is 7.01. The van der Waals surface area contributed by atoms with Gasteiger partial charge in [0.2, 0.25) is 0 Å². The van der Waals surface area contributed by atoms with E-state index in [4.69, 9.17) is 17.0 Å². The minimum Gasteiger partial charge on any atom is -0.376 e. The van der Waals surface area contributed by atoms with E-state index in [1.165, 1.54) is 0 Å². The number of carbonyl (C=O) groups is 1. The molecule has 1 amide bonds. The van der Waals surface area contributed by atoms with Crippen LogP contribution in [0.25, 0.3) is 0 Å². The molecular formula is C15H18N2O2S. The lowest BCUT2D eigenvalue weighted by Crippen LogP contribution is -2.37. The van der Waals surface area contributed by atoms with Crippen LogP contribution in [0.4, 0.5) is 0 Å². The fourth-order valence-electron chi connectivity index (χ4n) is 2.73. The first kappa shape index (κ1) is 13.5. The van der Waals surface area contributed by atoms with E-state index in [2.05, 4.69) is 5.32 Å². The van der Waals surface area contributed by atoms with Crippen molar-refractivity contribution in [2.24, 2.45) is 0 Å². The molecule has 2 unspecified atom stereocenters. The first-order chi connectivity index (χ1) is 9.74. The molecule has 2 atom stereocenters. The molecule has 5 heteroatoms. The van der Waals surface area contributed by atoms with Gasteiger partial charge in [-0.25, -0.2) is 0 Å². The van der Waals surface area contributed by atoms with Gasteiger partial charge in [0, 0.05) is 13.0 Å². The van der Waals surface area contributed by atoms with Gasteiger partial charge in [0.25, 0.3) is 5.91 Å². The monoisotopic (exact) mass is 290 g/mol. The third-order valence-corrected chi connectivity index (χ3v) is 4.14. The highest BCUT2D eigenvalue weighted by Gasteiger charge is 2.37. The van der Waals surface area contributed by atoms with Gasteiger partial charge in [-0.1, -0.05) is 30.3 Å². The summed E-state index contributed by atoms with van der Waals surface area (Å²) in [5, 5.41) is 3.66. The number of nitrogens with zero attached hydrogens (tertiary/aromatic N) is 1. The Kier molecular flexibility index (Phi) is 3.98. The minimum atomic E-state index is -0.244. The van der Waals surface area contributed by atoms with Crippen LogP contribution in [-0.4, -0.2) is 41.2 Å². The van der Waals surface area contributed by atoms with E-state index in [-0.39, 0.29) is 18.1 Å². The van der Waals surface area contributed by atoms with Crippen molar-refractivity contribution < 1.29 is 9.53 Å². The summed E-state index contributed by atoms with van der Waals surface area (Å²) in [5.74, 6) is 0.0642. The number of thiocarbonyl (C=S) groups is 1. The maximum atomic E-state index is 12.4. The molecule has 0 aromatic heterocycles. The molecule has 2 saturated heterocycles. The van der Waals surface area contributed by atoms with E-state index in [1.807, 2.05) is 30.3 Å². The third-order valence-electron chi connectivity index (χ3n) is 3.80. The molecule has 1 aromatic carbocycles. The molecule has 0 radical (unpaired) electrons.